The largest absolute Gasteiger partial charge is 0.494 e. The molecular formula is C19H22N2O4. The van der Waals surface area contributed by atoms with Gasteiger partial charge in [-0.3, -0.25) is 0 Å². The summed E-state index contributed by atoms with van der Waals surface area (Å²) in [5.41, 5.74) is 2.81. The van der Waals surface area contributed by atoms with Crippen LogP contribution in [-0.4, -0.2) is 26.0 Å². The van der Waals surface area contributed by atoms with Gasteiger partial charge in [-0.1, -0.05) is 6.07 Å². The lowest BCUT2D eigenvalue weighted by atomic mass is 10.1. The third-order valence-electron chi connectivity index (χ3n) is 3.89. The van der Waals surface area contributed by atoms with Gasteiger partial charge in [-0.15, -0.1) is 0 Å². The molecule has 6 nitrogen and oxygen atoms in total. The summed E-state index contributed by atoms with van der Waals surface area (Å²) < 4.78 is 16.1. The molecule has 2 aromatic carbocycles. The number of urea groups is 1. The van der Waals surface area contributed by atoms with E-state index in [0.29, 0.717) is 19.6 Å². The monoisotopic (exact) mass is 342 g/mol. The molecule has 1 heterocycles. The van der Waals surface area contributed by atoms with Gasteiger partial charge in [0.15, 0.2) is 11.5 Å². The predicted octanol–water partition coefficient (Wildman–Crippen LogP) is 3.49. The van der Waals surface area contributed by atoms with Crippen molar-refractivity contribution in [3.8, 4) is 17.2 Å². The highest BCUT2D eigenvalue weighted by molar-refractivity contribution is 5.90. The van der Waals surface area contributed by atoms with Gasteiger partial charge in [0.05, 0.1) is 6.61 Å². The average molecular weight is 342 g/mol. The van der Waals surface area contributed by atoms with E-state index in [1.165, 1.54) is 0 Å². The van der Waals surface area contributed by atoms with Crippen LogP contribution in [0.15, 0.2) is 36.4 Å². The van der Waals surface area contributed by atoms with Crippen molar-refractivity contribution < 1.29 is 19.0 Å². The minimum atomic E-state index is -0.229. The Balaban J connectivity index is 1.48. The van der Waals surface area contributed by atoms with Crippen molar-refractivity contribution in [2.45, 2.75) is 20.3 Å². The molecule has 3 rings (SSSR count). The summed E-state index contributed by atoms with van der Waals surface area (Å²) in [5, 5.41) is 5.72. The molecule has 0 fully saturated rings. The first-order valence-electron chi connectivity index (χ1n) is 8.32. The molecular weight excluding hydrogens is 320 g/mol. The lowest BCUT2D eigenvalue weighted by molar-refractivity contribution is 0.174. The standard InChI is InChI=1S/C19H22N2O4/c1-3-23-15-5-6-16(13(2)10-15)21-19(22)20-9-8-14-4-7-17-18(11-14)25-12-24-17/h4-7,10-11H,3,8-9,12H2,1-2H3,(H2,20,21,22). The molecule has 0 saturated heterocycles. The van der Waals surface area contributed by atoms with Gasteiger partial charge in [0, 0.05) is 12.2 Å². The number of anilines is 1. The number of hydrogen-bond acceptors (Lipinski definition) is 4. The summed E-state index contributed by atoms with van der Waals surface area (Å²) in [7, 11) is 0. The molecule has 2 N–H and O–H groups in total. The van der Waals surface area contributed by atoms with Crippen LogP contribution in [0.2, 0.25) is 0 Å². The topological polar surface area (TPSA) is 68.8 Å². The van der Waals surface area contributed by atoms with Gasteiger partial charge in [-0.2, -0.15) is 0 Å². The third kappa shape index (κ3) is 4.35. The number of rotatable bonds is 6. The van der Waals surface area contributed by atoms with Crippen molar-refractivity contribution >= 4 is 11.7 Å². The maximum atomic E-state index is 12.1. The van der Waals surface area contributed by atoms with Crippen molar-refractivity contribution in [1.82, 2.24) is 5.32 Å². The molecule has 25 heavy (non-hydrogen) atoms. The van der Waals surface area contributed by atoms with Gasteiger partial charge in [0.2, 0.25) is 6.79 Å². The zero-order valence-electron chi connectivity index (χ0n) is 14.4. The number of ether oxygens (including phenoxy) is 3. The average Bonchev–Trinajstić information content (AvgIpc) is 3.05. The second kappa shape index (κ2) is 7.79. The molecule has 0 spiro atoms. The van der Waals surface area contributed by atoms with Crippen molar-refractivity contribution in [1.29, 1.82) is 0 Å². The summed E-state index contributed by atoms with van der Waals surface area (Å²) in [5.74, 6) is 2.32. The van der Waals surface area contributed by atoms with Crippen LogP contribution in [0.3, 0.4) is 0 Å². The predicted molar refractivity (Wildman–Crippen MR) is 95.6 cm³/mol. The fourth-order valence-electron chi connectivity index (χ4n) is 2.62. The van der Waals surface area contributed by atoms with E-state index in [0.717, 1.165) is 34.1 Å². The number of benzene rings is 2. The van der Waals surface area contributed by atoms with Crippen LogP contribution >= 0.6 is 0 Å². The maximum absolute atomic E-state index is 12.1. The SMILES string of the molecule is CCOc1ccc(NC(=O)NCCc2ccc3c(c2)OCO3)c(C)c1. The minimum absolute atomic E-state index is 0.229. The van der Waals surface area contributed by atoms with E-state index in [1.54, 1.807) is 0 Å². The highest BCUT2D eigenvalue weighted by Crippen LogP contribution is 2.32. The van der Waals surface area contributed by atoms with Crippen molar-refractivity contribution in [3.63, 3.8) is 0 Å². The van der Waals surface area contributed by atoms with Crippen LogP contribution in [0.1, 0.15) is 18.1 Å². The third-order valence-corrected chi connectivity index (χ3v) is 3.89. The van der Waals surface area contributed by atoms with Gasteiger partial charge in [-0.25, -0.2) is 4.79 Å². The summed E-state index contributed by atoms with van der Waals surface area (Å²) in [6, 6.07) is 11.2. The number of carbonyl (C=O) groups excluding carboxylic acids is 1. The van der Waals surface area contributed by atoms with Crippen LogP contribution in [0.4, 0.5) is 10.5 Å². The zero-order chi connectivity index (χ0) is 17.6. The second-order valence-electron chi connectivity index (χ2n) is 5.73. The molecule has 6 heteroatoms. The Morgan fingerprint density at radius 3 is 2.80 bits per heavy atom. The first-order valence-corrected chi connectivity index (χ1v) is 8.32. The van der Waals surface area contributed by atoms with E-state index in [4.69, 9.17) is 14.2 Å². The van der Waals surface area contributed by atoms with Gasteiger partial charge in [-0.05, 0) is 61.7 Å². The molecule has 0 atom stereocenters. The molecule has 0 saturated carbocycles. The van der Waals surface area contributed by atoms with Gasteiger partial charge < -0.3 is 24.8 Å². The number of amides is 2. The molecule has 0 aliphatic carbocycles. The normalized spacial score (nSPS) is 11.9. The number of nitrogens with one attached hydrogen (secondary N) is 2. The Morgan fingerprint density at radius 2 is 2.00 bits per heavy atom. The van der Waals surface area contributed by atoms with E-state index in [9.17, 15) is 4.79 Å². The summed E-state index contributed by atoms with van der Waals surface area (Å²) in [6.07, 6.45) is 0.715. The number of aryl methyl sites for hydroxylation is 1. The highest BCUT2D eigenvalue weighted by Gasteiger charge is 2.13. The van der Waals surface area contributed by atoms with E-state index >= 15 is 0 Å². The molecule has 2 amide bonds. The summed E-state index contributed by atoms with van der Waals surface area (Å²) in [6.45, 7) is 5.29. The lowest BCUT2D eigenvalue weighted by Gasteiger charge is -2.11. The van der Waals surface area contributed by atoms with E-state index in [1.807, 2.05) is 50.2 Å². The number of hydrogen-bond donors (Lipinski definition) is 2. The van der Waals surface area contributed by atoms with Gasteiger partial charge in [0.1, 0.15) is 5.75 Å². The number of carbonyl (C=O) groups is 1. The minimum Gasteiger partial charge on any atom is -0.494 e. The fraction of sp³-hybridized carbons (Fsp3) is 0.316. The Kier molecular flexibility index (Phi) is 5.28. The quantitative estimate of drug-likeness (QED) is 0.843. The summed E-state index contributed by atoms with van der Waals surface area (Å²) in [4.78, 5) is 12.1. The van der Waals surface area contributed by atoms with E-state index in [-0.39, 0.29) is 12.8 Å². The Hall–Kier alpha value is -2.89. The van der Waals surface area contributed by atoms with Crippen molar-refractivity contribution in [3.05, 3.63) is 47.5 Å². The molecule has 0 radical (unpaired) electrons. The fourth-order valence-corrected chi connectivity index (χ4v) is 2.62. The second-order valence-corrected chi connectivity index (χ2v) is 5.73. The van der Waals surface area contributed by atoms with Crippen LogP contribution < -0.4 is 24.8 Å². The molecule has 0 unspecified atom stereocenters. The van der Waals surface area contributed by atoms with Gasteiger partial charge in [0.25, 0.3) is 0 Å². The van der Waals surface area contributed by atoms with Crippen LogP contribution in [0.25, 0.3) is 0 Å². The highest BCUT2D eigenvalue weighted by atomic mass is 16.7. The molecule has 0 aromatic heterocycles. The number of fused-ring (bicyclic) bond motifs is 1. The van der Waals surface area contributed by atoms with Crippen molar-refractivity contribution in [2.24, 2.45) is 0 Å². The Labute approximate surface area is 147 Å². The lowest BCUT2D eigenvalue weighted by Crippen LogP contribution is -2.30. The first kappa shape index (κ1) is 17.0. The van der Waals surface area contributed by atoms with E-state index < -0.39 is 0 Å². The van der Waals surface area contributed by atoms with Crippen LogP contribution in [0, 0.1) is 6.92 Å². The zero-order valence-corrected chi connectivity index (χ0v) is 14.4. The first-order chi connectivity index (χ1) is 12.2. The molecule has 1 aliphatic rings. The Morgan fingerprint density at radius 1 is 1.16 bits per heavy atom. The molecule has 1 aliphatic heterocycles. The summed E-state index contributed by atoms with van der Waals surface area (Å²) >= 11 is 0. The maximum Gasteiger partial charge on any atom is 0.319 e. The van der Waals surface area contributed by atoms with E-state index in [2.05, 4.69) is 10.6 Å². The van der Waals surface area contributed by atoms with Crippen LogP contribution in [0.5, 0.6) is 17.2 Å². The van der Waals surface area contributed by atoms with Gasteiger partial charge >= 0.3 is 6.03 Å². The van der Waals surface area contributed by atoms with Crippen molar-refractivity contribution in [2.75, 3.05) is 25.3 Å². The Bertz CT molecular complexity index is 761. The van der Waals surface area contributed by atoms with Crippen LogP contribution in [-0.2, 0) is 6.42 Å². The smallest absolute Gasteiger partial charge is 0.319 e. The molecule has 2 aromatic rings. The molecule has 0 bridgehead atoms. The molecule has 132 valence electrons.